The number of hydrogen-bond acceptors (Lipinski definition) is 4. The van der Waals surface area contributed by atoms with Crippen molar-refractivity contribution >= 4 is 35.0 Å². The van der Waals surface area contributed by atoms with Gasteiger partial charge in [-0.05, 0) is 30.7 Å². The summed E-state index contributed by atoms with van der Waals surface area (Å²) in [6, 6.07) is 5.05. The highest BCUT2D eigenvalue weighted by atomic mass is 35.5. The summed E-state index contributed by atoms with van der Waals surface area (Å²) in [6.07, 6.45) is 3.35. The van der Waals surface area contributed by atoms with Crippen molar-refractivity contribution in [3.8, 4) is 5.75 Å². The number of ether oxygens (including phenoxy) is 1. The zero-order valence-corrected chi connectivity index (χ0v) is 14.2. The van der Waals surface area contributed by atoms with Crippen LogP contribution in [0.25, 0.3) is 0 Å². The SMILES string of the molecule is OC(CNCC1CCCCS1)COc1cc(Cl)ccc1Cl. The van der Waals surface area contributed by atoms with Crippen LogP contribution in [0.1, 0.15) is 19.3 Å². The minimum Gasteiger partial charge on any atom is -0.489 e. The van der Waals surface area contributed by atoms with Gasteiger partial charge in [0.2, 0.25) is 0 Å². The zero-order chi connectivity index (χ0) is 15.1. The van der Waals surface area contributed by atoms with E-state index in [0.29, 0.717) is 27.6 Å². The van der Waals surface area contributed by atoms with Crippen LogP contribution in [0.4, 0.5) is 0 Å². The Morgan fingerprint density at radius 3 is 3.00 bits per heavy atom. The van der Waals surface area contributed by atoms with Gasteiger partial charge in [0, 0.05) is 29.4 Å². The summed E-state index contributed by atoms with van der Waals surface area (Å²) in [5, 5.41) is 15.0. The maximum absolute atomic E-state index is 9.93. The number of nitrogens with one attached hydrogen (secondary N) is 1. The van der Waals surface area contributed by atoms with E-state index in [2.05, 4.69) is 5.32 Å². The van der Waals surface area contributed by atoms with Crippen LogP contribution in [0.2, 0.25) is 10.0 Å². The van der Waals surface area contributed by atoms with Crippen molar-refractivity contribution < 1.29 is 9.84 Å². The summed E-state index contributed by atoms with van der Waals surface area (Å²) < 4.78 is 5.51. The second-order valence-corrected chi connectivity index (χ2v) is 7.44. The van der Waals surface area contributed by atoms with E-state index in [4.69, 9.17) is 27.9 Å². The fraction of sp³-hybridized carbons (Fsp3) is 0.600. The Morgan fingerprint density at radius 1 is 1.38 bits per heavy atom. The fourth-order valence-electron chi connectivity index (χ4n) is 2.21. The predicted molar refractivity (Wildman–Crippen MR) is 90.9 cm³/mol. The summed E-state index contributed by atoms with van der Waals surface area (Å²) in [5.74, 6) is 1.76. The monoisotopic (exact) mass is 349 g/mol. The summed E-state index contributed by atoms with van der Waals surface area (Å²) in [4.78, 5) is 0. The first-order valence-electron chi connectivity index (χ1n) is 7.23. The molecule has 1 aliphatic heterocycles. The summed E-state index contributed by atoms with van der Waals surface area (Å²) in [6.45, 7) is 1.67. The molecule has 1 fully saturated rings. The van der Waals surface area contributed by atoms with Gasteiger partial charge in [-0.1, -0.05) is 29.6 Å². The Balaban J connectivity index is 1.65. The quantitative estimate of drug-likeness (QED) is 0.788. The molecule has 2 atom stereocenters. The lowest BCUT2D eigenvalue weighted by atomic mass is 10.2. The minimum absolute atomic E-state index is 0.199. The van der Waals surface area contributed by atoms with Gasteiger partial charge in [0.25, 0.3) is 0 Å². The normalized spacial score (nSPS) is 20.2. The molecule has 3 nitrogen and oxygen atoms in total. The largest absolute Gasteiger partial charge is 0.489 e. The number of aliphatic hydroxyl groups is 1. The average molecular weight is 350 g/mol. The van der Waals surface area contributed by atoms with Crippen molar-refractivity contribution in [3.63, 3.8) is 0 Å². The molecule has 6 heteroatoms. The smallest absolute Gasteiger partial charge is 0.139 e. The molecule has 0 saturated carbocycles. The van der Waals surface area contributed by atoms with Crippen LogP contribution in [-0.4, -0.2) is 41.9 Å². The average Bonchev–Trinajstić information content (AvgIpc) is 2.49. The fourth-order valence-corrected chi connectivity index (χ4v) is 3.82. The van der Waals surface area contributed by atoms with E-state index in [0.717, 1.165) is 6.54 Å². The molecule has 1 aromatic rings. The predicted octanol–water partition coefficient (Wildman–Crippen LogP) is 3.61. The van der Waals surface area contributed by atoms with Crippen molar-refractivity contribution in [1.29, 1.82) is 0 Å². The first-order valence-corrected chi connectivity index (χ1v) is 9.04. The third-order valence-corrected chi connectivity index (χ3v) is 5.30. The lowest BCUT2D eigenvalue weighted by Gasteiger charge is -2.22. The van der Waals surface area contributed by atoms with E-state index in [9.17, 15) is 5.11 Å². The van der Waals surface area contributed by atoms with Crippen LogP contribution >= 0.6 is 35.0 Å². The summed E-state index contributed by atoms with van der Waals surface area (Å²) in [5.41, 5.74) is 0. The molecular weight excluding hydrogens is 329 g/mol. The highest BCUT2D eigenvalue weighted by Crippen LogP contribution is 2.27. The standard InChI is InChI=1S/C15H21Cl2NO2S/c16-11-4-5-14(17)15(7-11)20-10-12(19)8-18-9-13-3-1-2-6-21-13/h4-5,7,12-13,18-19H,1-3,6,8-10H2. The molecule has 0 bridgehead atoms. The van der Waals surface area contributed by atoms with Crippen LogP contribution in [0.15, 0.2) is 18.2 Å². The van der Waals surface area contributed by atoms with Crippen molar-refractivity contribution in [2.45, 2.75) is 30.6 Å². The molecule has 21 heavy (non-hydrogen) atoms. The molecule has 1 heterocycles. The number of benzene rings is 1. The van der Waals surface area contributed by atoms with Gasteiger partial charge in [0.05, 0.1) is 5.02 Å². The van der Waals surface area contributed by atoms with E-state index >= 15 is 0 Å². The van der Waals surface area contributed by atoms with E-state index in [1.54, 1.807) is 18.2 Å². The molecule has 1 aliphatic rings. The van der Waals surface area contributed by atoms with Crippen LogP contribution < -0.4 is 10.1 Å². The van der Waals surface area contributed by atoms with Gasteiger partial charge in [0.1, 0.15) is 18.5 Å². The van der Waals surface area contributed by atoms with Crippen LogP contribution in [0.5, 0.6) is 5.75 Å². The lowest BCUT2D eigenvalue weighted by Crippen LogP contribution is -2.35. The molecule has 0 aliphatic carbocycles. The van der Waals surface area contributed by atoms with Gasteiger partial charge in [-0.2, -0.15) is 11.8 Å². The summed E-state index contributed by atoms with van der Waals surface area (Å²) in [7, 11) is 0. The lowest BCUT2D eigenvalue weighted by molar-refractivity contribution is 0.106. The third kappa shape index (κ3) is 6.25. The van der Waals surface area contributed by atoms with Gasteiger partial charge < -0.3 is 15.2 Å². The summed E-state index contributed by atoms with van der Waals surface area (Å²) >= 11 is 13.9. The van der Waals surface area contributed by atoms with Crippen LogP contribution in [0, 0.1) is 0 Å². The second kappa shape index (κ2) is 9.11. The molecule has 0 aromatic heterocycles. The van der Waals surface area contributed by atoms with Crippen LogP contribution in [0.3, 0.4) is 0 Å². The van der Waals surface area contributed by atoms with Crippen LogP contribution in [-0.2, 0) is 0 Å². The maximum atomic E-state index is 9.93. The maximum Gasteiger partial charge on any atom is 0.139 e. The van der Waals surface area contributed by atoms with Crippen molar-refractivity contribution in [3.05, 3.63) is 28.2 Å². The van der Waals surface area contributed by atoms with Crippen molar-refractivity contribution in [1.82, 2.24) is 5.32 Å². The number of halogens is 2. The number of aliphatic hydroxyl groups excluding tert-OH is 1. The molecule has 118 valence electrons. The highest BCUT2D eigenvalue weighted by molar-refractivity contribution is 7.99. The molecule has 1 aromatic carbocycles. The topological polar surface area (TPSA) is 41.5 Å². The first kappa shape index (κ1) is 17.2. The molecular formula is C15H21Cl2NO2S. The van der Waals surface area contributed by atoms with Crippen molar-refractivity contribution in [2.24, 2.45) is 0 Å². The Morgan fingerprint density at radius 2 is 2.24 bits per heavy atom. The van der Waals surface area contributed by atoms with E-state index < -0.39 is 6.10 Å². The first-order chi connectivity index (χ1) is 10.1. The van der Waals surface area contributed by atoms with E-state index in [1.165, 1.54) is 25.0 Å². The number of hydrogen-bond donors (Lipinski definition) is 2. The van der Waals surface area contributed by atoms with Crippen molar-refractivity contribution in [2.75, 3.05) is 25.4 Å². The molecule has 1 saturated heterocycles. The molecule has 2 N–H and O–H groups in total. The second-order valence-electron chi connectivity index (χ2n) is 5.19. The Labute approximate surface area is 140 Å². The number of rotatable bonds is 7. The van der Waals surface area contributed by atoms with E-state index in [1.807, 2.05) is 11.8 Å². The molecule has 0 radical (unpaired) electrons. The number of thioether (sulfide) groups is 1. The van der Waals surface area contributed by atoms with Gasteiger partial charge in [0.15, 0.2) is 0 Å². The van der Waals surface area contributed by atoms with Gasteiger partial charge in [-0.25, -0.2) is 0 Å². The van der Waals surface area contributed by atoms with Gasteiger partial charge in [-0.3, -0.25) is 0 Å². The minimum atomic E-state index is -0.561. The Kier molecular flexibility index (Phi) is 7.47. The zero-order valence-electron chi connectivity index (χ0n) is 11.9. The molecule has 0 amide bonds. The molecule has 2 unspecified atom stereocenters. The van der Waals surface area contributed by atoms with Gasteiger partial charge >= 0.3 is 0 Å². The van der Waals surface area contributed by atoms with Gasteiger partial charge in [-0.15, -0.1) is 0 Å². The highest BCUT2D eigenvalue weighted by Gasteiger charge is 2.14. The molecule has 2 rings (SSSR count). The third-order valence-electron chi connectivity index (χ3n) is 3.35. The Hall–Kier alpha value is -0.130. The van der Waals surface area contributed by atoms with E-state index in [-0.39, 0.29) is 6.61 Å². The molecule has 0 spiro atoms. The Bertz CT molecular complexity index is 442.